The van der Waals surface area contributed by atoms with Gasteiger partial charge in [-0.3, -0.25) is 9.59 Å². The van der Waals surface area contributed by atoms with Gasteiger partial charge in [0.1, 0.15) is 23.3 Å². The Bertz CT molecular complexity index is 1350. The summed E-state index contributed by atoms with van der Waals surface area (Å²) >= 11 is 6.26. The van der Waals surface area contributed by atoms with E-state index in [4.69, 9.17) is 16.0 Å². The summed E-state index contributed by atoms with van der Waals surface area (Å²) in [6, 6.07) is 17.8. The summed E-state index contributed by atoms with van der Waals surface area (Å²) in [5, 5.41) is 0.669. The van der Waals surface area contributed by atoms with Crippen LogP contribution < -0.4 is 5.56 Å². The number of nitrogens with zero attached hydrogens (tertiary/aromatic N) is 3. The van der Waals surface area contributed by atoms with E-state index >= 15 is 0 Å². The molecule has 7 nitrogen and oxygen atoms in total. The molecule has 1 fully saturated rings. The Kier molecular flexibility index (Phi) is 5.79. The topological polar surface area (TPSA) is 92.1 Å². The van der Waals surface area contributed by atoms with E-state index in [9.17, 15) is 9.59 Å². The van der Waals surface area contributed by atoms with E-state index in [0.29, 0.717) is 35.5 Å². The van der Waals surface area contributed by atoms with Crippen molar-refractivity contribution in [1.82, 2.24) is 19.9 Å². The largest absolute Gasteiger partial charge is 0.443 e. The number of carbonyl (C=O) groups is 1. The minimum absolute atomic E-state index is 0.104. The third-order valence-electron chi connectivity index (χ3n) is 5.70. The molecule has 1 unspecified atom stereocenters. The predicted octanol–water partition coefficient (Wildman–Crippen LogP) is 4.65. The van der Waals surface area contributed by atoms with Crippen LogP contribution in [-0.4, -0.2) is 32.3 Å². The number of carbonyl (C=O) groups excluding carboxylic acids is 1. The lowest BCUT2D eigenvalue weighted by molar-refractivity contribution is 0.0708. The molecule has 5 rings (SSSR count). The van der Waals surface area contributed by atoms with Gasteiger partial charge in [-0.15, -0.1) is 0 Å². The van der Waals surface area contributed by atoms with Crippen molar-refractivity contribution in [3.63, 3.8) is 0 Å². The predicted molar refractivity (Wildman–Crippen MR) is 124 cm³/mol. The third-order valence-corrected chi connectivity index (χ3v) is 6.07. The molecule has 8 heteroatoms. The molecule has 33 heavy (non-hydrogen) atoms. The van der Waals surface area contributed by atoms with E-state index in [1.54, 1.807) is 11.1 Å². The first-order valence-corrected chi connectivity index (χ1v) is 11.1. The number of aromatic nitrogens is 3. The molecular weight excluding hydrogens is 440 g/mol. The maximum absolute atomic E-state index is 13.3. The fourth-order valence-electron chi connectivity index (χ4n) is 4.10. The molecule has 4 aromatic rings. The van der Waals surface area contributed by atoms with Gasteiger partial charge in [-0.1, -0.05) is 60.1 Å². The molecule has 166 valence electrons. The number of H-pyrrole nitrogens is 1. The molecule has 1 amide bonds. The van der Waals surface area contributed by atoms with E-state index in [-0.39, 0.29) is 23.2 Å². The molecule has 1 N–H and O–H groups in total. The van der Waals surface area contributed by atoms with E-state index in [1.165, 1.54) is 6.07 Å². The van der Waals surface area contributed by atoms with Crippen LogP contribution in [0, 0.1) is 0 Å². The van der Waals surface area contributed by atoms with Crippen LogP contribution in [0.5, 0.6) is 0 Å². The van der Waals surface area contributed by atoms with Crippen molar-refractivity contribution in [3.05, 3.63) is 105 Å². The van der Waals surface area contributed by atoms with Crippen molar-refractivity contribution < 1.29 is 9.21 Å². The molecule has 1 saturated heterocycles. The van der Waals surface area contributed by atoms with Gasteiger partial charge in [0.25, 0.3) is 11.5 Å². The highest BCUT2D eigenvalue weighted by Gasteiger charge is 2.34. The number of nitrogens with one attached hydrogen (secondary N) is 1. The molecule has 1 atom stereocenters. The first-order chi connectivity index (χ1) is 16.1. The molecular formula is C25H21ClN4O3. The third kappa shape index (κ3) is 4.45. The number of hydrogen-bond donors (Lipinski definition) is 1. The molecule has 1 aliphatic rings. The number of amides is 1. The van der Waals surface area contributed by atoms with Gasteiger partial charge < -0.3 is 14.3 Å². The molecule has 0 radical (unpaired) electrons. The highest BCUT2D eigenvalue weighted by atomic mass is 35.5. The zero-order chi connectivity index (χ0) is 22.8. The summed E-state index contributed by atoms with van der Waals surface area (Å²) < 4.78 is 6.01. The van der Waals surface area contributed by atoms with Crippen molar-refractivity contribution in [2.75, 3.05) is 6.54 Å². The van der Waals surface area contributed by atoms with Crippen molar-refractivity contribution in [3.8, 4) is 11.4 Å². The van der Waals surface area contributed by atoms with Gasteiger partial charge in [-0.05, 0) is 24.5 Å². The molecule has 0 bridgehead atoms. The summed E-state index contributed by atoms with van der Waals surface area (Å²) in [4.78, 5) is 38.8. The number of likely N-dealkylation sites (tertiary alicyclic amines) is 1. The Hall–Kier alpha value is -3.71. The smallest absolute Gasteiger partial charge is 0.273 e. The molecule has 0 saturated carbocycles. The van der Waals surface area contributed by atoms with Gasteiger partial charge in [0.05, 0.1) is 6.20 Å². The Morgan fingerprint density at radius 3 is 2.76 bits per heavy atom. The monoisotopic (exact) mass is 460 g/mol. The normalized spacial score (nSPS) is 15.7. The van der Waals surface area contributed by atoms with Crippen LogP contribution >= 0.6 is 11.6 Å². The van der Waals surface area contributed by atoms with Crippen molar-refractivity contribution in [2.45, 2.75) is 25.3 Å². The summed E-state index contributed by atoms with van der Waals surface area (Å²) in [6.07, 6.45) is 3.74. The average molecular weight is 461 g/mol. The van der Waals surface area contributed by atoms with Crippen LogP contribution in [0.1, 0.15) is 46.6 Å². The standard InChI is InChI=1S/C25H21ClN4O3/c26-19-10-5-4-9-17(19)13-18-15-27-24(33-18)21-11-6-12-30(21)25(32)20-14-22(31)29-23(28-20)16-7-2-1-3-8-16/h1-5,7-10,14-15,21H,6,11-13H2,(H,28,29,31). The van der Waals surface area contributed by atoms with Gasteiger partial charge in [0, 0.05) is 29.6 Å². The second-order valence-corrected chi connectivity index (χ2v) is 8.34. The van der Waals surface area contributed by atoms with Gasteiger partial charge >= 0.3 is 0 Å². The molecule has 2 aromatic carbocycles. The van der Waals surface area contributed by atoms with Crippen LogP contribution in [0.2, 0.25) is 5.02 Å². The number of benzene rings is 2. The Balaban J connectivity index is 1.39. The van der Waals surface area contributed by atoms with Crippen LogP contribution in [0.25, 0.3) is 11.4 Å². The van der Waals surface area contributed by atoms with Crippen LogP contribution in [0.3, 0.4) is 0 Å². The van der Waals surface area contributed by atoms with E-state index in [2.05, 4.69) is 15.0 Å². The van der Waals surface area contributed by atoms with Crippen LogP contribution in [0.15, 0.2) is 76.1 Å². The lowest BCUT2D eigenvalue weighted by Crippen LogP contribution is -2.32. The van der Waals surface area contributed by atoms with Crippen LogP contribution in [-0.2, 0) is 6.42 Å². The van der Waals surface area contributed by atoms with Crippen molar-refractivity contribution in [1.29, 1.82) is 0 Å². The van der Waals surface area contributed by atoms with E-state index < -0.39 is 0 Å². The average Bonchev–Trinajstić information content (AvgIpc) is 3.50. The second kappa shape index (κ2) is 9.03. The van der Waals surface area contributed by atoms with Gasteiger partial charge in [0.2, 0.25) is 5.89 Å². The molecule has 2 aromatic heterocycles. The highest BCUT2D eigenvalue weighted by molar-refractivity contribution is 6.31. The molecule has 0 aliphatic carbocycles. The maximum Gasteiger partial charge on any atom is 0.273 e. The van der Waals surface area contributed by atoms with Crippen molar-refractivity contribution in [2.24, 2.45) is 0 Å². The lowest BCUT2D eigenvalue weighted by atomic mass is 10.1. The molecule has 0 spiro atoms. The zero-order valence-electron chi connectivity index (χ0n) is 17.7. The maximum atomic E-state index is 13.3. The fraction of sp³-hybridized carbons (Fsp3) is 0.200. The Morgan fingerprint density at radius 1 is 1.15 bits per heavy atom. The summed E-state index contributed by atoms with van der Waals surface area (Å²) in [7, 11) is 0. The number of hydrogen-bond acceptors (Lipinski definition) is 5. The van der Waals surface area contributed by atoms with Gasteiger partial charge in [-0.2, -0.15) is 0 Å². The number of oxazole rings is 1. The summed E-state index contributed by atoms with van der Waals surface area (Å²) in [6.45, 7) is 0.543. The fourth-order valence-corrected chi connectivity index (χ4v) is 4.30. The highest BCUT2D eigenvalue weighted by Crippen LogP contribution is 2.33. The minimum Gasteiger partial charge on any atom is -0.443 e. The Labute approximate surface area is 195 Å². The summed E-state index contributed by atoms with van der Waals surface area (Å²) in [5.41, 5.74) is 1.41. The van der Waals surface area contributed by atoms with Crippen molar-refractivity contribution >= 4 is 17.5 Å². The Morgan fingerprint density at radius 2 is 1.94 bits per heavy atom. The first kappa shape index (κ1) is 21.2. The first-order valence-electron chi connectivity index (χ1n) is 10.7. The van der Waals surface area contributed by atoms with Gasteiger partial charge in [0.15, 0.2) is 0 Å². The minimum atomic E-state index is -0.374. The second-order valence-electron chi connectivity index (χ2n) is 7.93. The lowest BCUT2D eigenvalue weighted by Gasteiger charge is -2.22. The summed E-state index contributed by atoms with van der Waals surface area (Å²) in [5.74, 6) is 1.21. The molecule has 1 aliphatic heterocycles. The zero-order valence-corrected chi connectivity index (χ0v) is 18.5. The number of rotatable bonds is 5. The van der Waals surface area contributed by atoms with Gasteiger partial charge in [-0.25, -0.2) is 9.97 Å². The van der Waals surface area contributed by atoms with E-state index in [1.807, 2.05) is 54.6 Å². The molecule has 3 heterocycles. The number of halogens is 1. The SMILES string of the molecule is O=C(c1cc(=O)[nH]c(-c2ccccc2)n1)N1CCCC1c1ncc(Cc2ccccc2Cl)o1. The quantitative estimate of drug-likeness (QED) is 0.468. The van der Waals surface area contributed by atoms with Crippen LogP contribution in [0.4, 0.5) is 0 Å². The number of aromatic amines is 1. The van der Waals surface area contributed by atoms with E-state index in [0.717, 1.165) is 24.0 Å².